The van der Waals surface area contributed by atoms with E-state index < -0.39 is 0 Å². The van der Waals surface area contributed by atoms with Gasteiger partial charge in [-0.15, -0.1) is 0 Å². The Bertz CT molecular complexity index is 74.1. The van der Waals surface area contributed by atoms with E-state index in [4.69, 9.17) is 0 Å². The van der Waals surface area contributed by atoms with E-state index >= 15 is 0 Å². The van der Waals surface area contributed by atoms with Crippen molar-refractivity contribution in [3.05, 3.63) is 0 Å². The second-order valence-corrected chi connectivity index (χ2v) is 1.90. The number of rotatable bonds is 1. The molecule has 0 aliphatic heterocycles. The van der Waals surface area contributed by atoms with Crippen LogP contribution in [0.3, 0.4) is 0 Å². The van der Waals surface area contributed by atoms with Crippen LogP contribution >= 0.6 is 0 Å². The monoisotopic (exact) mass is 98.1 g/mol. The van der Waals surface area contributed by atoms with Gasteiger partial charge in [-0.2, -0.15) is 10.2 Å². The highest BCUT2D eigenvalue weighted by atomic mass is 15.1. The molecule has 2 heteroatoms. The van der Waals surface area contributed by atoms with Crippen LogP contribution in [0.2, 0.25) is 0 Å². The van der Waals surface area contributed by atoms with Crippen LogP contribution in [0.4, 0.5) is 0 Å². The quantitative estimate of drug-likeness (QED) is 0.445. The Labute approximate surface area is 43.6 Å². The van der Waals surface area contributed by atoms with Crippen molar-refractivity contribution in [2.24, 2.45) is 10.2 Å². The van der Waals surface area contributed by atoms with Gasteiger partial charge in [0.15, 0.2) is 0 Å². The van der Waals surface area contributed by atoms with E-state index in [-0.39, 0.29) is 0 Å². The predicted molar refractivity (Wildman–Crippen MR) is 28.4 cm³/mol. The Balaban J connectivity index is 2.14. The largest absolute Gasteiger partial charge is 0.197 e. The standard InChI is InChI=1S/C5H10N2/c1-6-7-5-3-2-4-5/h5H,2-4H2,1H3/b7-6+. The number of hydrogen-bond donors (Lipinski definition) is 0. The molecule has 40 valence electrons. The molecular weight excluding hydrogens is 88.1 g/mol. The SMILES string of the molecule is C/N=N/C1CCC1. The molecular formula is C5H10N2. The van der Waals surface area contributed by atoms with Crippen LogP contribution in [0.15, 0.2) is 10.2 Å². The minimum Gasteiger partial charge on any atom is -0.197 e. The summed E-state index contributed by atoms with van der Waals surface area (Å²) in [7, 11) is 1.73. The van der Waals surface area contributed by atoms with E-state index in [1.807, 2.05) is 0 Å². The molecule has 0 spiro atoms. The number of nitrogens with zero attached hydrogens (tertiary/aromatic N) is 2. The third-order valence-corrected chi connectivity index (χ3v) is 1.35. The van der Waals surface area contributed by atoms with Crippen molar-refractivity contribution in [1.29, 1.82) is 0 Å². The van der Waals surface area contributed by atoms with Crippen molar-refractivity contribution in [3.8, 4) is 0 Å². The van der Waals surface area contributed by atoms with Crippen LogP contribution in [0.1, 0.15) is 19.3 Å². The Hall–Kier alpha value is -0.400. The van der Waals surface area contributed by atoms with Gasteiger partial charge in [-0.1, -0.05) is 0 Å². The summed E-state index contributed by atoms with van der Waals surface area (Å²) in [5.41, 5.74) is 0. The van der Waals surface area contributed by atoms with Gasteiger partial charge >= 0.3 is 0 Å². The van der Waals surface area contributed by atoms with Crippen LogP contribution in [0.25, 0.3) is 0 Å². The van der Waals surface area contributed by atoms with E-state index in [0.717, 1.165) is 0 Å². The molecule has 1 rings (SSSR count). The van der Waals surface area contributed by atoms with Gasteiger partial charge in [0.1, 0.15) is 0 Å². The van der Waals surface area contributed by atoms with Crippen LogP contribution in [-0.4, -0.2) is 13.1 Å². The molecule has 0 aromatic carbocycles. The zero-order valence-electron chi connectivity index (χ0n) is 4.59. The van der Waals surface area contributed by atoms with Gasteiger partial charge < -0.3 is 0 Å². The smallest absolute Gasteiger partial charge is 0.0708 e. The van der Waals surface area contributed by atoms with Crippen molar-refractivity contribution < 1.29 is 0 Å². The first-order chi connectivity index (χ1) is 3.43. The zero-order valence-corrected chi connectivity index (χ0v) is 4.59. The van der Waals surface area contributed by atoms with E-state index in [2.05, 4.69) is 10.2 Å². The fourth-order valence-electron chi connectivity index (χ4n) is 0.665. The molecule has 2 nitrogen and oxygen atoms in total. The maximum Gasteiger partial charge on any atom is 0.0708 e. The highest BCUT2D eigenvalue weighted by Crippen LogP contribution is 2.21. The maximum absolute atomic E-state index is 3.95. The van der Waals surface area contributed by atoms with Gasteiger partial charge in [-0.3, -0.25) is 0 Å². The second-order valence-electron chi connectivity index (χ2n) is 1.90. The summed E-state index contributed by atoms with van der Waals surface area (Å²) in [5, 5.41) is 7.64. The fraction of sp³-hybridized carbons (Fsp3) is 1.00. The van der Waals surface area contributed by atoms with Gasteiger partial charge in [-0.25, -0.2) is 0 Å². The minimum absolute atomic E-state index is 0.588. The lowest BCUT2D eigenvalue weighted by atomic mass is 9.94. The molecule has 1 aliphatic carbocycles. The second kappa shape index (κ2) is 2.05. The van der Waals surface area contributed by atoms with Crippen LogP contribution in [-0.2, 0) is 0 Å². The summed E-state index contributed by atoms with van der Waals surface area (Å²) in [4.78, 5) is 0. The average molecular weight is 98.1 g/mol. The highest BCUT2D eigenvalue weighted by molar-refractivity contribution is 4.73. The first-order valence-electron chi connectivity index (χ1n) is 2.72. The molecule has 0 unspecified atom stereocenters. The molecule has 0 amide bonds. The minimum atomic E-state index is 0.588. The van der Waals surface area contributed by atoms with Gasteiger partial charge in [0, 0.05) is 7.05 Å². The summed E-state index contributed by atoms with van der Waals surface area (Å²) < 4.78 is 0. The number of azo groups is 1. The molecule has 0 atom stereocenters. The summed E-state index contributed by atoms with van der Waals surface area (Å²) in [6, 6.07) is 0.588. The molecule has 1 aliphatic rings. The molecule has 0 heterocycles. The van der Waals surface area contributed by atoms with Gasteiger partial charge in [0.2, 0.25) is 0 Å². The summed E-state index contributed by atoms with van der Waals surface area (Å²) in [6.45, 7) is 0. The lowest BCUT2D eigenvalue weighted by molar-refractivity contribution is 0.405. The fourth-order valence-corrected chi connectivity index (χ4v) is 0.665. The lowest BCUT2D eigenvalue weighted by Gasteiger charge is -2.18. The van der Waals surface area contributed by atoms with Crippen LogP contribution in [0, 0.1) is 0 Å². The van der Waals surface area contributed by atoms with E-state index in [1.54, 1.807) is 7.05 Å². The molecule has 0 bridgehead atoms. The maximum atomic E-state index is 3.95. The van der Waals surface area contributed by atoms with Crippen molar-refractivity contribution >= 4 is 0 Å². The van der Waals surface area contributed by atoms with E-state index in [0.29, 0.717) is 6.04 Å². The molecule has 1 fully saturated rings. The molecule has 0 aromatic heterocycles. The third kappa shape index (κ3) is 0.981. The summed E-state index contributed by atoms with van der Waals surface area (Å²) >= 11 is 0. The Morgan fingerprint density at radius 2 is 2.14 bits per heavy atom. The van der Waals surface area contributed by atoms with E-state index in [9.17, 15) is 0 Å². The van der Waals surface area contributed by atoms with Crippen LogP contribution in [0.5, 0.6) is 0 Å². The van der Waals surface area contributed by atoms with Gasteiger partial charge in [-0.05, 0) is 19.3 Å². The van der Waals surface area contributed by atoms with Gasteiger partial charge in [0.25, 0.3) is 0 Å². The average Bonchev–Trinajstić information content (AvgIpc) is 1.55. The number of hydrogen-bond acceptors (Lipinski definition) is 2. The Kier molecular flexibility index (Phi) is 1.39. The van der Waals surface area contributed by atoms with Crippen molar-refractivity contribution in [1.82, 2.24) is 0 Å². The lowest BCUT2D eigenvalue weighted by Crippen LogP contribution is -2.13. The van der Waals surface area contributed by atoms with Gasteiger partial charge in [0.05, 0.1) is 6.04 Å². The topological polar surface area (TPSA) is 24.7 Å². The molecule has 7 heavy (non-hydrogen) atoms. The molecule has 0 aromatic rings. The highest BCUT2D eigenvalue weighted by Gasteiger charge is 2.15. The molecule has 0 N–H and O–H groups in total. The van der Waals surface area contributed by atoms with E-state index in [1.165, 1.54) is 19.3 Å². The van der Waals surface area contributed by atoms with Crippen molar-refractivity contribution in [3.63, 3.8) is 0 Å². The van der Waals surface area contributed by atoms with Crippen molar-refractivity contribution in [2.45, 2.75) is 25.3 Å². The Morgan fingerprint density at radius 1 is 1.43 bits per heavy atom. The molecule has 0 saturated heterocycles. The predicted octanol–water partition coefficient (Wildman–Crippen LogP) is 1.62. The summed E-state index contributed by atoms with van der Waals surface area (Å²) in [6.07, 6.45) is 3.87. The van der Waals surface area contributed by atoms with Crippen molar-refractivity contribution in [2.75, 3.05) is 7.05 Å². The summed E-state index contributed by atoms with van der Waals surface area (Å²) in [5.74, 6) is 0. The molecule has 0 radical (unpaired) electrons. The normalized spacial score (nSPS) is 23.0. The Morgan fingerprint density at radius 3 is 2.29 bits per heavy atom. The van der Waals surface area contributed by atoms with Crippen LogP contribution < -0.4 is 0 Å². The molecule has 1 saturated carbocycles. The first kappa shape index (κ1) is 4.75. The first-order valence-corrected chi connectivity index (χ1v) is 2.72. The zero-order chi connectivity index (χ0) is 5.11. The third-order valence-electron chi connectivity index (χ3n) is 1.35.